The van der Waals surface area contributed by atoms with Crippen molar-refractivity contribution in [2.45, 2.75) is 18.9 Å². The highest BCUT2D eigenvalue weighted by Gasteiger charge is 2.19. The summed E-state index contributed by atoms with van der Waals surface area (Å²) in [6, 6.07) is 15.4. The molecule has 0 spiro atoms. The third kappa shape index (κ3) is 3.31. The molecule has 0 aliphatic carbocycles. The summed E-state index contributed by atoms with van der Waals surface area (Å²) in [5.41, 5.74) is 9.93. The molecule has 0 radical (unpaired) electrons. The van der Waals surface area contributed by atoms with Gasteiger partial charge in [-0.15, -0.1) is 0 Å². The molecule has 0 saturated carbocycles. The first-order valence-electron chi connectivity index (χ1n) is 7.51. The van der Waals surface area contributed by atoms with E-state index in [4.69, 9.17) is 5.73 Å². The Balaban J connectivity index is 1.69. The van der Waals surface area contributed by atoms with E-state index < -0.39 is 0 Å². The molecule has 3 rings (SSSR count). The molecule has 3 heteroatoms. The average Bonchev–Trinajstić information content (AvgIpc) is 2.53. The van der Waals surface area contributed by atoms with Crippen LogP contribution in [0, 0.1) is 5.82 Å². The van der Waals surface area contributed by atoms with Gasteiger partial charge in [0.1, 0.15) is 5.82 Å². The molecule has 0 bridgehead atoms. The van der Waals surface area contributed by atoms with Crippen molar-refractivity contribution < 1.29 is 4.39 Å². The fourth-order valence-corrected chi connectivity index (χ4v) is 3.07. The van der Waals surface area contributed by atoms with Crippen molar-refractivity contribution in [3.63, 3.8) is 0 Å². The van der Waals surface area contributed by atoms with E-state index in [0.29, 0.717) is 6.54 Å². The first-order chi connectivity index (χ1) is 10.3. The summed E-state index contributed by atoms with van der Waals surface area (Å²) < 4.78 is 13.0. The van der Waals surface area contributed by atoms with Crippen LogP contribution in [-0.4, -0.2) is 24.5 Å². The highest BCUT2D eigenvalue weighted by molar-refractivity contribution is 5.29. The van der Waals surface area contributed by atoms with Crippen LogP contribution in [0.2, 0.25) is 0 Å². The predicted molar refractivity (Wildman–Crippen MR) is 83.6 cm³/mol. The first-order valence-corrected chi connectivity index (χ1v) is 7.51. The summed E-state index contributed by atoms with van der Waals surface area (Å²) >= 11 is 0. The Kier molecular flexibility index (Phi) is 4.32. The van der Waals surface area contributed by atoms with Crippen LogP contribution >= 0.6 is 0 Å². The van der Waals surface area contributed by atoms with Crippen molar-refractivity contribution in [2.75, 3.05) is 19.6 Å². The van der Waals surface area contributed by atoms with E-state index in [1.807, 2.05) is 12.1 Å². The van der Waals surface area contributed by atoms with Crippen LogP contribution in [0.1, 0.15) is 22.6 Å². The minimum atomic E-state index is -0.193. The van der Waals surface area contributed by atoms with Gasteiger partial charge < -0.3 is 5.73 Å². The Morgan fingerprint density at radius 1 is 1.05 bits per heavy atom. The summed E-state index contributed by atoms with van der Waals surface area (Å²) in [6.07, 6.45) is 1.09. The Labute approximate surface area is 125 Å². The zero-order valence-corrected chi connectivity index (χ0v) is 12.1. The fraction of sp³-hybridized carbons (Fsp3) is 0.333. The second-order valence-electron chi connectivity index (χ2n) is 5.74. The number of hydrogen-bond donors (Lipinski definition) is 1. The zero-order valence-electron chi connectivity index (χ0n) is 12.1. The third-order valence-corrected chi connectivity index (χ3v) is 4.31. The van der Waals surface area contributed by atoms with E-state index in [9.17, 15) is 4.39 Å². The summed E-state index contributed by atoms with van der Waals surface area (Å²) in [7, 11) is 0. The normalized spacial score (nSPS) is 16.5. The highest BCUT2D eigenvalue weighted by Crippen LogP contribution is 2.22. The third-order valence-electron chi connectivity index (χ3n) is 4.31. The van der Waals surface area contributed by atoms with Gasteiger partial charge in [0.05, 0.1) is 0 Å². The molecule has 0 aromatic heterocycles. The molecular weight excluding hydrogens is 263 g/mol. The minimum absolute atomic E-state index is 0.193. The van der Waals surface area contributed by atoms with Crippen molar-refractivity contribution in [3.8, 4) is 0 Å². The Morgan fingerprint density at radius 2 is 1.76 bits per heavy atom. The molecule has 1 atom stereocenters. The van der Waals surface area contributed by atoms with Gasteiger partial charge in [0.25, 0.3) is 0 Å². The maximum atomic E-state index is 13.0. The lowest BCUT2D eigenvalue weighted by Gasteiger charge is -2.31. The molecule has 1 unspecified atom stereocenters. The molecule has 2 aromatic carbocycles. The number of fused-ring (bicyclic) bond motifs is 1. The molecule has 1 aliphatic heterocycles. The van der Waals surface area contributed by atoms with Gasteiger partial charge >= 0.3 is 0 Å². The molecule has 1 heterocycles. The van der Waals surface area contributed by atoms with Gasteiger partial charge in [0.2, 0.25) is 0 Å². The number of nitrogens with two attached hydrogens (primary N) is 1. The Hall–Kier alpha value is -1.71. The van der Waals surface area contributed by atoms with Gasteiger partial charge in [-0.2, -0.15) is 0 Å². The van der Waals surface area contributed by atoms with Crippen LogP contribution in [-0.2, 0) is 13.0 Å². The molecule has 0 fully saturated rings. The lowest BCUT2D eigenvalue weighted by molar-refractivity contribution is 0.239. The molecule has 2 nitrogen and oxygen atoms in total. The molecule has 2 aromatic rings. The second-order valence-corrected chi connectivity index (χ2v) is 5.74. The quantitative estimate of drug-likeness (QED) is 0.935. The summed E-state index contributed by atoms with van der Waals surface area (Å²) in [5.74, 6) is 0.0669. The Morgan fingerprint density at radius 3 is 2.48 bits per heavy atom. The van der Waals surface area contributed by atoms with Gasteiger partial charge in [-0.05, 0) is 35.2 Å². The molecule has 21 heavy (non-hydrogen) atoms. The van der Waals surface area contributed by atoms with Gasteiger partial charge in [-0.3, -0.25) is 4.90 Å². The lowest BCUT2D eigenvalue weighted by atomic mass is 9.95. The highest BCUT2D eigenvalue weighted by atomic mass is 19.1. The molecule has 0 saturated heterocycles. The van der Waals surface area contributed by atoms with Crippen LogP contribution in [0.3, 0.4) is 0 Å². The minimum Gasteiger partial charge on any atom is -0.330 e. The van der Waals surface area contributed by atoms with Gasteiger partial charge in [0, 0.05) is 32.1 Å². The molecular formula is C18H21FN2. The second kappa shape index (κ2) is 6.37. The van der Waals surface area contributed by atoms with E-state index in [1.165, 1.54) is 23.3 Å². The smallest absolute Gasteiger partial charge is 0.123 e. The van der Waals surface area contributed by atoms with Crippen LogP contribution in [0.4, 0.5) is 4.39 Å². The molecule has 0 amide bonds. The van der Waals surface area contributed by atoms with Gasteiger partial charge in [0.15, 0.2) is 0 Å². The summed E-state index contributed by atoms with van der Waals surface area (Å²) in [6.45, 7) is 3.56. The fourth-order valence-electron chi connectivity index (χ4n) is 3.07. The number of rotatable bonds is 4. The van der Waals surface area contributed by atoms with E-state index in [0.717, 1.165) is 31.6 Å². The predicted octanol–water partition coefficient (Wildman–Crippen LogP) is 2.93. The van der Waals surface area contributed by atoms with Crippen molar-refractivity contribution >= 4 is 0 Å². The zero-order chi connectivity index (χ0) is 14.7. The lowest BCUT2D eigenvalue weighted by Crippen LogP contribution is -2.35. The molecule has 2 N–H and O–H groups in total. The van der Waals surface area contributed by atoms with Gasteiger partial charge in [-0.25, -0.2) is 4.39 Å². The SMILES string of the molecule is NCC(CN1CCc2ccccc2C1)c1ccc(F)cc1. The first kappa shape index (κ1) is 14.2. The largest absolute Gasteiger partial charge is 0.330 e. The van der Waals surface area contributed by atoms with Crippen LogP contribution in [0.15, 0.2) is 48.5 Å². The molecule has 110 valence electrons. The van der Waals surface area contributed by atoms with E-state index >= 15 is 0 Å². The standard InChI is InChI=1S/C18H21FN2/c19-18-7-5-15(6-8-18)17(11-20)13-21-10-9-14-3-1-2-4-16(14)12-21/h1-8,17H,9-13,20H2. The van der Waals surface area contributed by atoms with E-state index in [1.54, 1.807) is 0 Å². The van der Waals surface area contributed by atoms with Gasteiger partial charge in [-0.1, -0.05) is 36.4 Å². The topological polar surface area (TPSA) is 29.3 Å². The number of halogens is 1. The van der Waals surface area contributed by atoms with Crippen LogP contribution in [0.5, 0.6) is 0 Å². The Bertz CT molecular complexity index is 594. The summed E-state index contributed by atoms with van der Waals surface area (Å²) in [4.78, 5) is 2.45. The number of nitrogens with zero attached hydrogens (tertiary/aromatic N) is 1. The monoisotopic (exact) mass is 284 g/mol. The average molecular weight is 284 g/mol. The van der Waals surface area contributed by atoms with E-state index in [2.05, 4.69) is 29.2 Å². The van der Waals surface area contributed by atoms with Crippen molar-refractivity contribution in [2.24, 2.45) is 5.73 Å². The van der Waals surface area contributed by atoms with Crippen molar-refractivity contribution in [1.29, 1.82) is 0 Å². The van der Waals surface area contributed by atoms with Crippen LogP contribution < -0.4 is 5.73 Å². The van der Waals surface area contributed by atoms with Crippen molar-refractivity contribution in [3.05, 3.63) is 71.0 Å². The van der Waals surface area contributed by atoms with E-state index in [-0.39, 0.29) is 11.7 Å². The van der Waals surface area contributed by atoms with Crippen LogP contribution in [0.25, 0.3) is 0 Å². The summed E-state index contributed by atoms with van der Waals surface area (Å²) in [5, 5.41) is 0. The number of hydrogen-bond acceptors (Lipinski definition) is 2. The maximum Gasteiger partial charge on any atom is 0.123 e. The number of benzene rings is 2. The maximum absolute atomic E-state index is 13.0. The molecule has 1 aliphatic rings. The van der Waals surface area contributed by atoms with Crippen molar-refractivity contribution in [1.82, 2.24) is 4.90 Å².